The Hall–Kier alpha value is -1.23. The molecule has 3 nitrogen and oxygen atoms in total. The molecule has 0 aliphatic carbocycles. The molecule has 1 rings (SSSR count). The number of carbonyl (C=O) groups is 1. The normalized spacial score (nSPS) is 10.6. The number of aldehydes is 1. The zero-order chi connectivity index (χ0) is 10.7. The van der Waals surface area contributed by atoms with Crippen LogP contribution in [0.15, 0.2) is 10.9 Å². The molecule has 0 saturated carbocycles. The molecule has 0 saturated heterocycles. The van der Waals surface area contributed by atoms with E-state index in [-0.39, 0.29) is 17.0 Å². The number of H-pyrrole nitrogens is 1. The molecule has 0 atom stereocenters. The van der Waals surface area contributed by atoms with Crippen LogP contribution in [0.25, 0.3) is 0 Å². The molecule has 14 heavy (non-hydrogen) atoms. The van der Waals surface area contributed by atoms with Crippen molar-refractivity contribution >= 4 is 17.9 Å². The van der Waals surface area contributed by atoms with Gasteiger partial charge in [-0.1, -0.05) is 0 Å². The first-order valence-corrected chi connectivity index (χ1v) is 4.19. The maximum atomic E-state index is 12.3. The summed E-state index contributed by atoms with van der Waals surface area (Å²) in [7, 11) is 0. The first kappa shape index (κ1) is 10.8. The van der Waals surface area contributed by atoms with Gasteiger partial charge in [0.15, 0.2) is 6.29 Å². The van der Waals surface area contributed by atoms with Crippen molar-refractivity contribution in [2.24, 2.45) is 0 Å². The maximum absolute atomic E-state index is 12.3. The van der Waals surface area contributed by atoms with E-state index in [0.29, 0.717) is 6.29 Å². The third-order valence-electron chi connectivity index (χ3n) is 1.68. The molecule has 1 heterocycles. The number of halogens is 3. The third kappa shape index (κ3) is 1.98. The number of alkyl halides is 3. The zero-order valence-electron chi connectivity index (χ0n) is 6.89. The standard InChI is InChI=1S/C8H6ClF2NO2/c9-2-4-1-5(3-13)8(14)12-6(4)7(10)11/h1,3,7H,2H2,(H,12,14). The summed E-state index contributed by atoms with van der Waals surface area (Å²) in [6.45, 7) is 0. The van der Waals surface area contributed by atoms with E-state index < -0.39 is 17.7 Å². The van der Waals surface area contributed by atoms with Gasteiger partial charge in [0.25, 0.3) is 12.0 Å². The number of nitrogens with one attached hydrogen (secondary N) is 1. The summed E-state index contributed by atoms with van der Waals surface area (Å²) in [6, 6.07) is 1.07. The number of rotatable bonds is 3. The summed E-state index contributed by atoms with van der Waals surface area (Å²) < 4.78 is 24.6. The van der Waals surface area contributed by atoms with Gasteiger partial charge in [0, 0.05) is 5.88 Å². The van der Waals surface area contributed by atoms with Crippen molar-refractivity contribution in [2.45, 2.75) is 12.3 Å². The lowest BCUT2D eigenvalue weighted by atomic mass is 10.1. The molecule has 6 heteroatoms. The van der Waals surface area contributed by atoms with Crippen molar-refractivity contribution in [3.05, 3.63) is 33.2 Å². The van der Waals surface area contributed by atoms with E-state index >= 15 is 0 Å². The number of pyridine rings is 1. The van der Waals surface area contributed by atoms with Gasteiger partial charge < -0.3 is 4.98 Å². The molecule has 0 radical (unpaired) electrons. The summed E-state index contributed by atoms with van der Waals surface area (Å²) in [6.07, 6.45) is -2.51. The van der Waals surface area contributed by atoms with Gasteiger partial charge >= 0.3 is 0 Å². The summed E-state index contributed by atoms with van der Waals surface area (Å²) in [5.74, 6) is -0.183. The predicted molar refractivity (Wildman–Crippen MR) is 47.0 cm³/mol. The average molecular weight is 222 g/mol. The van der Waals surface area contributed by atoms with Crippen molar-refractivity contribution in [3.63, 3.8) is 0 Å². The highest BCUT2D eigenvalue weighted by atomic mass is 35.5. The molecule has 0 amide bonds. The van der Waals surface area contributed by atoms with E-state index in [4.69, 9.17) is 11.6 Å². The van der Waals surface area contributed by atoms with Crippen LogP contribution in [0.1, 0.15) is 28.0 Å². The van der Waals surface area contributed by atoms with Crippen LogP contribution in [0.5, 0.6) is 0 Å². The molecule has 1 aromatic rings. The Bertz CT molecular complexity index is 403. The Labute approximate surface area is 82.7 Å². The fourth-order valence-corrected chi connectivity index (χ4v) is 1.22. The monoisotopic (exact) mass is 221 g/mol. The maximum Gasteiger partial charge on any atom is 0.278 e. The van der Waals surface area contributed by atoms with Crippen LogP contribution in [-0.4, -0.2) is 11.3 Å². The summed E-state index contributed by atoms with van der Waals surface area (Å²) in [5, 5.41) is 0. The van der Waals surface area contributed by atoms with Crippen LogP contribution in [0, 0.1) is 0 Å². The molecule has 0 spiro atoms. The van der Waals surface area contributed by atoms with Crippen molar-refractivity contribution in [1.82, 2.24) is 4.98 Å². The van der Waals surface area contributed by atoms with E-state index in [1.165, 1.54) is 0 Å². The second kappa shape index (κ2) is 4.32. The summed E-state index contributed by atoms with van der Waals surface area (Å²) in [4.78, 5) is 23.2. The lowest BCUT2D eigenvalue weighted by Gasteiger charge is -2.05. The summed E-state index contributed by atoms with van der Waals surface area (Å²) >= 11 is 5.39. The average Bonchev–Trinajstić information content (AvgIpc) is 2.17. The van der Waals surface area contributed by atoms with E-state index in [1.807, 2.05) is 4.98 Å². The van der Waals surface area contributed by atoms with Gasteiger partial charge in [-0.05, 0) is 11.6 Å². The number of hydrogen-bond donors (Lipinski definition) is 1. The van der Waals surface area contributed by atoms with Crippen LogP contribution in [-0.2, 0) is 5.88 Å². The van der Waals surface area contributed by atoms with Gasteiger partial charge in [-0.3, -0.25) is 9.59 Å². The highest BCUT2D eigenvalue weighted by molar-refractivity contribution is 6.17. The van der Waals surface area contributed by atoms with Gasteiger partial charge in [-0.15, -0.1) is 11.6 Å². The quantitative estimate of drug-likeness (QED) is 0.626. The smallest absolute Gasteiger partial charge is 0.278 e. The molecule has 1 aromatic heterocycles. The molecular formula is C8H6ClF2NO2. The fourth-order valence-electron chi connectivity index (χ4n) is 0.999. The molecular weight excluding hydrogens is 216 g/mol. The minimum atomic E-state index is -2.81. The Morgan fingerprint density at radius 2 is 2.21 bits per heavy atom. The van der Waals surface area contributed by atoms with Crippen LogP contribution >= 0.6 is 11.6 Å². The van der Waals surface area contributed by atoms with Crippen molar-refractivity contribution in [1.29, 1.82) is 0 Å². The molecule has 0 fully saturated rings. The van der Waals surface area contributed by atoms with Gasteiger partial charge in [0.1, 0.15) is 0 Å². The van der Waals surface area contributed by atoms with E-state index in [2.05, 4.69) is 0 Å². The Morgan fingerprint density at radius 3 is 2.64 bits per heavy atom. The minimum absolute atomic E-state index is 0.0587. The zero-order valence-corrected chi connectivity index (χ0v) is 7.65. The van der Waals surface area contributed by atoms with Crippen molar-refractivity contribution in [3.8, 4) is 0 Å². The fraction of sp³-hybridized carbons (Fsp3) is 0.250. The van der Waals surface area contributed by atoms with E-state index in [1.54, 1.807) is 0 Å². The highest BCUT2D eigenvalue weighted by Crippen LogP contribution is 2.20. The van der Waals surface area contributed by atoms with Gasteiger partial charge in [0.2, 0.25) is 0 Å². The number of aromatic amines is 1. The largest absolute Gasteiger partial charge is 0.320 e. The second-order valence-electron chi connectivity index (χ2n) is 2.54. The first-order valence-electron chi connectivity index (χ1n) is 3.65. The predicted octanol–water partition coefficient (Wildman–Crippen LogP) is 1.86. The van der Waals surface area contributed by atoms with E-state index in [0.717, 1.165) is 6.07 Å². The topological polar surface area (TPSA) is 49.9 Å². The second-order valence-corrected chi connectivity index (χ2v) is 2.81. The van der Waals surface area contributed by atoms with Crippen LogP contribution in [0.2, 0.25) is 0 Å². The Kier molecular flexibility index (Phi) is 3.35. The molecule has 0 aliphatic rings. The van der Waals surface area contributed by atoms with Crippen LogP contribution in [0.3, 0.4) is 0 Å². The summed E-state index contributed by atoms with van der Waals surface area (Å²) in [5.41, 5.74) is -1.51. The number of aromatic nitrogens is 1. The lowest BCUT2D eigenvalue weighted by Crippen LogP contribution is -2.16. The van der Waals surface area contributed by atoms with Gasteiger partial charge in [-0.25, -0.2) is 8.78 Å². The molecule has 76 valence electrons. The molecule has 0 bridgehead atoms. The van der Waals surface area contributed by atoms with Crippen LogP contribution in [0.4, 0.5) is 8.78 Å². The Morgan fingerprint density at radius 1 is 1.57 bits per heavy atom. The van der Waals surface area contributed by atoms with Crippen molar-refractivity contribution in [2.75, 3.05) is 0 Å². The highest BCUT2D eigenvalue weighted by Gasteiger charge is 2.15. The van der Waals surface area contributed by atoms with Crippen molar-refractivity contribution < 1.29 is 13.6 Å². The third-order valence-corrected chi connectivity index (χ3v) is 1.96. The van der Waals surface area contributed by atoms with Crippen LogP contribution < -0.4 is 5.56 Å². The SMILES string of the molecule is O=Cc1cc(CCl)c(C(F)F)[nH]c1=O. The molecule has 0 aliphatic heterocycles. The molecule has 0 unspecified atom stereocenters. The molecule has 0 aromatic carbocycles. The molecule has 1 N–H and O–H groups in total. The number of carbonyl (C=O) groups excluding carboxylic acids is 1. The van der Waals surface area contributed by atoms with E-state index in [9.17, 15) is 18.4 Å². The van der Waals surface area contributed by atoms with Gasteiger partial charge in [-0.2, -0.15) is 0 Å². The minimum Gasteiger partial charge on any atom is -0.320 e. The Balaban J connectivity index is 3.39. The lowest BCUT2D eigenvalue weighted by molar-refractivity contribution is 0.112. The first-order chi connectivity index (χ1) is 6.60. The van der Waals surface area contributed by atoms with Gasteiger partial charge in [0.05, 0.1) is 11.3 Å². The number of hydrogen-bond acceptors (Lipinski definition) is 2.